The van der Waals surface area contributed by atoms with Gasteiger partial charge >= 0.3 is 0 Å². The van der Waals surface area contributed by atoms with Crippen LogP contribution in [0, 0.1) is 5.92 Å². The first kappa shape index (κ1) is 21.2. The van der Waals surface area contributed by atoms with Gasteiger partial charge in [0.2, 0.25) is 0 Å². The molecule has 2 aromatic carbocycles. The number of amides is 1. The van der Waals surface area contributed by atoms with Crippen LogP contribution >= 0.6 is 0 Å². The van der Waals surface area contributed by atoms with E-state index in [4.69, 9.17) is 4.74 Å². The molecule has 0 radical (unpaired) electrons. The van der Waals surface area contributed by atoms with Crippen molar-refractivity contribution in [2.75, 3.05) is 24.6 Å². The SMILES string of the molecule is CC(C)c1ccccc1OCC(=O)N[C@@H](C)c1ccc(N2CCC[C@H](C)C2)cc1. The lowest BCUT2D eigenvalue weighted by molar-refractivity contribution is -0.123. The average Bonchev–Trinajstić information content (AvgIpc) is 2.72. The summed E-state index contributed by atoms with van der Waals surface area (Å²) in [4.78, 5) is 14.8. The highest BCUT2D eigenvalue weighted by Gasteiger charge is 2.17. The highest BCUT2D eigenvalue weighted by atomic mass is 16.5. The predicted octanol–water partition coefficient (Wildman–Crippen LogP) is 5.30. The number of nitrogens with zero attached hydrogens (tertiary/aromatic N) is 1. The van der Waals surface area contributed by atoms with E-state index in [0.717, 1.165) is 35.9 Å². The molecule has 156 valence electrons. The molecular weight excluding hydrogens is 360 g/mol. The predicted molar refractivity (Wildman–Crippen MR) is 120 cm³/mol. The van der Waals surface area contributed by atoms with E-state index in [0.29, 0.717) is 5.92 Å². The van der Waals surface area contributed by atoms with Crippen molar-refractivity contribution in [2.24, 2.45) is 5.92 Å². The van der Waals surface area contributed by atoms with Gasteiger partial charge < -0.3 is 15.0 Å². The number of nitrogens with one attached hydrogen (secondary N) is 1. The Morgan fingerprint density at radius 3 is 2.55 bits per heavy atom. The lowest BCUT2D eigenvalue weighted by Crippen LogP contribution is -2.34. The van der Waals surface area contributed by atoms with E-state index in [1.165, 1.54) is 18.5 Å². The number of hydrogen-bond donors (Lipinski definition) is 1. The van der Waals surface area contributed by atoms with Crippen molar-refractivity contribution in [3.63, 3.8) is 0 Å². The maximum Gasteiger partial charge on any atom is 0.258 e. The van der Waals surface area contributed by atoms with Gasteiger partial charge in [-0.05, 0) is 60.9 Å². The maximum absolute atomic E-state index is 12.4. The summed E-state index contributed by atoms with van der Waals surface area (Å²) in [7, 11) is 0. The fourth-order valence-electron chi connectivity index (χ4n) is 4.00. The summed E-state index contributed by atoms with van der Waals surface area (Å²) >= 11 is 0. The summed E-state index contributed by atoms with van der Waals surface area (Å²) in [6.07, 6.45) is 2.58. The van der Waals surface area contributed by atoms with Gasteiger partial charge in [-0.15, -0.1) is 0 Å². The van der Waals surface area contributed by atoms with E-state index in [1.54, 1.807) is 0 Å². The number of hydrogen-bond acceptors (Lipinski definition) is 3. The van der Waals surface area contributed by atoms with Crippen LogP contribution in [0.3, 0.4) is 0 Å². The number of anilines is 1. The van der Waals surface area contributed by atoms with Crippen LogP contribution in [0.25, 0.3) is 0 Å². The number of carbonyl (C=O) groups excluding carboxylic acids is 1. The molecule has 0 saturated carbocycles. The van der Waals surface area contributed by atoms with Crippen LogP contribution in [0.15, 0.2) is 48.5 Å². The van der Waals surface area contributed by atoms with E-state index in [9.17, 15) is 4.79 Å². The van der Waals surface area contributed by atoms with Crippen molar-refractivity contribution in [3.8, 4) is 5.75 Å². The van der Waals surface area contributed by atoms with E-state index < -0.39 is 0 Å². The minimum atomic E-state index is -0.106. The molecule has 1 fully saturated rings. The summed E-state index contributed by atoms with van der Waals surface area (Å²) in [6, 6.07) is 16.4. The Hall–Kier alpha value is -2.49. The Labute approximate surface area is 175 Å². The lowest BCUT2D eigenvalue weighted by Gasteiger charge is -2.33. The number of ether oxygens (including phenoxy) is 1. The molecule has 1 amide bonds. The van der Waals surface area contributed by atoms with Gasteiger partial charge in [0.05, 0.1) is 6.04 Å². The molecule has 0 spiro atoms. The number of para-hydroxylation sites is 1. The van der Waals surface area contributed by atoms with E-state index in [1.807, 2.05) is 31.2 Å². The quantitative estimate of drug-likeness (QED) is 0.693. The molecule has 1 heterocycles. The van der Waals surface area contributed by atoms with E-state index in [2.05, 4.69) is 55.3 Å². The summed E-state index contributed by atoms with van der Waals surface area (Å²) in [5, 5.41) is 3.04. The molecule has 3 rings (SSSR count). The Morgan fingerprint density at radius 2 is 1.86 bits per heavy atom. The standard InChI is InChI=1S/C25H34N2O2/c1-18(2)23-9-5-6-10-24(23)29-17-25(28)26-20(4)21-11-13-22(14-12-21)27-15-7-8-19(3)16-27/h5-6,9-14,18-20H,7-8,15-17H2,1-4H3,(H,26,28)/t19-,20-/m0/s1. The molecular formula is C25H34N2O2. The van der Waals surface area contributed by atoms with Gasteiger partial charge in [0.15, 0.2) is 6.61 Å². The fourth-order valence-corrected chi connectivity index (χ4v) is 4.00. The smallest absolute Gasteiger partial charge is 0.258 e. The molecule has 0 aliphatic carbocycles. The summed E-state index contributed by atoms with van der Waals surface area (Å²) < 4.78 is 5.79. The monoisotopic (exact) mass is 394 g/mol. The van der Waals surface area contributed by atoms with Gasteiger partial charge in [-0.25, -0.2) is 0 Å². The minimum Gasteiger partial charge on any atom is -0.483 e. The van der Waals surface area contributed by atoms with Crippen LogP contribution < -0.4 is 15.0 Å². The van der Waals surface area contributed by atoms with Gasteiger partial charge in [0, 0.05) is 18.8 Å². The third-order valence-corrected chi connectivity index (χ3v) is 5.69. The second kappa shape index (κ2) is 9.82. The Balaban J connectivity index is 1.53. The number of piperidine rings is 1. The highest BCUT2D eigenvalue weighted by molar-refractivity contribution is 5.78. The molecule has 1 N–H and O–H groups in total. The first-order valence-corrected chi connectivity index (χ1v) is 10.8. The Morgan fingerprint density at radius 1 is 1.14 bits per heavy atom. The second-order valence-corrected chi connectivity index (χ2v) is 8.56. The first-order chi connectivity index (χ1) is 13.9. The van der Waals surface area contributed by atoms with E-state index >= 15 is 0 Å². The lowest BCUT2D eigenvalue weighted by atomic mass is 9.99. The fraction of sp³-hybridized carbons (Fsp3) is 0.480. The van der Waals surface area contributed by atoms with Gasteiger partial charge in [-0.2, -0.15) is 0 Å². The van der Waals surface area contributed by atoms with Crippen molar-refractivity contribution < 1.29 is 9.53 Å². The van der Waals surface area contributed by atoms with Crippen LogP contribution in [-0.2, 0) is 4.79 Å². The Bertz CT molecular complexity index is 801. The first-order valence-electron chi connectivity index (χ1n) is 10.8. The normalized spacial score (nSPS) is 17.8. The molecule has 2 aromatic rings. The van der Waals surface area contributed by atoms with Crippen molar-refractivity contribution in [1.29, 1.82) is 0 Å². The number of benzene rings is 2. The van der Waals surface area contributed by atoms with Gasteiger partial charge in [0.1, 0.15) is 5.75 Å². The van der Waals surface area contributed by atoms with Gasteiger partial charge in [0.25, 0.3) is 5.91 Å². The summed E-state index contributed by atoms with van der Waals surface area (Å²) in [5.74, 6) is 1.78. The molecule has 4 nitrogen and oxygen atoms in total. The molecule has 1 saturated heterocycles. The molecule has 2 atom stereocenters. The van der Waals surface area contributed by atoms with Crippen molar-refractivity contribution in [1.82, 2.24) is 5.32 Å². The van der Waals surface area contributed by atoms with Gasteiger partial charge in [-0.1, -0.05) is 51.1 Å². The zero-order chi connectivity index (χ0) is 20.8. The second-order valence-electron chi connectivity index (χ2n) is 8.56. The highest BCUT2D eigenvalue weighted by Crippen LogP contribution is 2.26. The largest absolute Gasteiger partial charge is 0.483 e. The minimum absolute atomic E-state index is 0.0256. The Kier molecular flexibility index (Phi) is 7.18. The molecule has 4 heteroatoms. The number of carbonyl (C=O) groups is 1. The topological polar surface area (TPSA) is 41.6 Å². The average molecular weight is 395 g/mol. The molecule has 1 aliphatic rings. The maximum atomic E-state index is 12.4. The van der Waals surface area contributed by atoms with Gasteiger partial charge in [-0.3, -0.25) is 4.79 Å². The van der Waals surface area contributed by atoms with Crippen molar-refractivity contribution >= 4 is 11.6 Å². The molecule has 1 aliphatic heterocycles. The molecule has 0 bridgehead atoms. The zero-order valence-corrected chi connectivity index (χ0v) is 18.2. The van der Waals surface area contributed by atoms with Crippen LogP contribution in [0.1, 0.15) is 63.6 Å². The van der Waals surface area contributed by atoms with Crippen molar-refractivity contribution in [2.45, 2.75) is 52.5 Å². The van der Waals surface area contributed by atoms with E-state index in [-0.39, 0.29) is 18.6 Å². The third-order valence-electron chi connectivity index (χ3n) is 5.69. The summed E-state index contributed by atoms with van der Waals surface area (Å²) in [5.41, 5.74) is 3.50. The van der Waals surface area contributed by atoms with Crippen LogP contribution in [-0.4, -0.2) is 25.6 Å². The molecule has 29 heavy (non-hydrogen) atoms. The summed E-state index contributed by atoms with van der Waals surface area (Å²) in [6.45, 7) is 10.9. The molecule has 0 aromatic heterocycles. The zero-order valence-electron chi connectivity index (χ0n) is 18.2. The molecule has 0 unspecified atom stereocenters. The van der Waals surface area contributed by atoms with Crippen molar-refractivity contribution in [3.05, 3.63) is 59.7 Å². The van der Waals surface area contributed by atoms with Crippen LogP contribution in [0.5, 0.6) is 5.75 Å². The van der Waals surface area contributed by atoms with Crippen LogP contribution in [0.2, 0.25) is 0 Å². The van der Waals surface area contributed by atoms with Crippen LogP contribution in [0.4, 0.5) is 5.69 Å². The number of rotatable bonds is 7. The third kappa shape index (κ3) is 5.75.